The van der Waals surface area contributed by atoms with Crippen LogP contribution in [0.15, 0.2) is 59.5 Å². The normalized spacial score (nSPS) is 22.5. The quantitative estimate of drug-likeness (QED) is 0.509. The summed E-state index contributed by atoms with van der Waals surface area (Å²) in [5.41, 5.74) is 0.830. The van der Waals surface area contributed by atoms with E-state index in [1.165, 1.54) is 17.4 Å². The molecule has 174 valence electrons. The topological polar surface area (TPSA) is 87.2 Å². The molecule has 1 aliphatic rings. The van der Waals surface area contributed by atoms with Crippen LogP contribution in [0.3, 0.4) is 0 Å². The number of nitrogens with zero attached hydrogens (tertiary/aromatic N) is 3. The van der Waals surface area contributed by atoms with Crippen LogP contribution in [-0.4, -0.2) is 41.0 Å². The maximum Gasteiger partial charge on any atom is 0.224 e. The minimum absolute atomic E-state index is 0.0280. The second-order valence-electron chi connectivity index (χ2n) is 8.91. The Morgan fingerprint density at radius 3 is 2.67 bits per heavy atom. The number of benzene rings is 1. The molecule has 33 heavy (non-hydrogen) atoms. The minimum atomic E-state index is -3.69. The summed E-state index contributed by atoms with van der Waals surface area (Å²) in [6.45, 7) is 8.94. The minimum Gasteiger partial charge on any atom is -0.377 e. The van der Waals surface area contributed by atoms with E-state index in [4.69, 9.17) is 0 Å². The molecule has 2 aromatic heterocycles. The number of aromatic nitrogens is 2. The van der Waals surface area contributed by atoms with Crippen molar-refractivity contribution >= 4 is 48.4 Å². The Labute approximate surface area is 201 Å². The van der Waals surface area contributed by atoms with Crippen LogP contribution in [0.4, 0.5) is 15.9 Å². The molecule has 1 fully saturated rings. The monoisotopic (exact) mass is 533 g/mol. The van der Waals surface area contributed by atoms with E-state index in [0.29, 0.717) is 28.3 Å². The number of hydrogen-bond acceptors (Lipinski definition) is 6. The molecule has 0 bridgehead atoms. The van der Waals surface area contributed by atoms with Gasteiger partial charge in [-0.2, -0.15) is 0 Å². The third-order valence-electron chi connectivity index (χ3n) is 6.14. The predicted octanol–water partition coefficient (Wildman–Crippen LogP) is 4.65. The molecule has 2 N–H and O–H groups in total. The second-order valence-corrected chi connectivity index (χ2v) is 12.4. The Morgan fingerprint density at radius 2 is 1.94 bits per heavy atom. The number of likely N-dealkylation sites (N-methyl/N-ethyl adjacent to an activating group) is 1. The number of hydrogen-bond donors (Lipinski definition) is 2. The van der Waals surface area contributed by atoms with Gasteiger partial charge in [0.25, 0.3) is 0 Å². The first-order valence-electron chi connectivity index (χ1n) is 10.3. The summed E-state index contributed by atoms with van der Waals surface area (Å²) in [4.78, 5) is 8.83. The van der Waals surface area contributed by atoms with Crippen LogP contribution in [0.25, 0.3) is 10.9 Å². The van der Waals surface area contributed by atoms with Crippen molar-refractivity contribution in [1.29, 1.82) is 0 Å². The van der Waals surface area contributed by atoms with E-state index in [0.717, 1.165) is 9.86 Å². The van der Waals surface area contributed by atoms with Gasteiger partial charge in [0.05, 0.1) is 5.54 Å². The number of anilines is 2. The van der Waals surface area contributed by atoms with Gasteiger partial charge in [0.15, 0.2) is 5.82 Å². The molecule has 0 spiro atoms. The Hall–Kier alpha value is -2.56. The van der Waals surface area contributed by atoms with Crippen LogP contribution in [0.2, 0.25) is 0 Å². The van der Waals surface area contributed by atoms with Gasteiger partial charge in [0.1, 0.15) is 16.1 Å². The molecule has 4 rings (SSSR count). The van der Waals surface area contributed by atoms with Crippen LogP contribution >= 0.6 is 15.9 Å². The third kappa shape index (κ3) is 4.00. The first-order valence-corrected chi connectivity index (χ1v) is 12.5. The second kappa shape index (κ2) is 8.03. The van der Waals surface area contributed by atoms with Gasteiger partial charge < -0.3 is 10.6 Å². The number of pyridine rings is 2. The van der Waals surface area contributed by atoms with E-state index in [9.17, 15) is 8.42 Å². The molecular formula is C23H25BrFN5O2S. The predicted molar refractivity (Wildman–Crippen MR) is 132 cm³/mol. The first-order chi connectivity index (χ1) is 15.3. The molecule has 3 heterocycles. The molecule has 0 unspecified atom stereocenters. The lowest BCUT2D eigenvalue weighted by Crippen LogP contribution is -2.46. The average Bonchev–Trinajstić information content (AvgIpc) is 2.78. The molecule has 10 heteroatoms. The Bertz CT molecular complexity index is 1380. The summed E-state index contributed by atoms with van der Waals surface area (Å²) in [5, 5.41) is 7.32. The molecule has 1 aromatic carbocycles. The van der Waals surface area contributed by atoms with Crippen LogP contribution in [0, 0.1) is 5.82 Å². The zero-order valence-electron chi connectivity index (χ0n) is 18.8. The fourth-order valence-electron chi connectivity index (χ4n) is 4.04. The average molecular weight is 534 g/mol. The SMILES string of the molecule is C=C1N[C@](C)(c2cc(Nc3nccc4cc(Br)cnc34)ccc2F)CN(C)S(=O)(=O)C1(C)C. The van der Waals surface area contributed by atoms with E-state index in [1.807, 2.05) is 12.1 Å². The number of halogens is 2. The van der Waals surface area contributed by atoms with Crippen LogP contribution in [0.1, 0.15) is 26.3 Å². The fraction of sp³-hybridized carbons (Fsp3) is 0.304. The van der Waals surface area contributed by atoms with Crippen molar-refractivity contribution in [3.8, 4) is 0 Å². The molecule has 0 radical (unpaired) electrons. The maximum absolute atomic E-state index is 15.1. The number of fused-ring (bicyclic) bond motifs is 1. The lowest BCUT2D eigenvalue weighted by atomic mass is 9.89. The highest BCUT2D eigenvalue weighted by atomic mass is 79.9. The van der Waals surface area contributed by atoms with Crippen molar-refractivity contribution in [3.63, 3.8) is 0 Å². The largest absolute Gasteiger partial charge is 0.377 e. The smallest absolute Gasteiger partial charge is 0.224 e. The lowest BCUT2D eigenvalue weighted by molar-refractivity contribution is 0.316. The Kier molecular flexibility index (Phi) is 5.74. The third-order valence-corrected chi connectivity index (χ3v) is 9.06. The van der Waals surface area contributed by atoms with Crippen molar-refractivity contribution in [2.24, 2.45) is 0 Å². The zero-order valence-corrected chi connectivity index (χ0v) is 21.2. The molecule has 0 saturated carbocycles. The van der Waals surface area contributed by atoms with Crippen molar-refractivity contribution in [2.45, 2.75) is 31.1 Å². The first kappa shape index (κ1) is 23.6. The van der Waals surface area contributed by atoms with Gasteiger partial charge in [-0.05, 0) is 67.0 Å². The van der Waals surface area contributed by atoms with Gasteiger partial charge in [-0.25, -0.2) is 22.1 Å². The number of rotatable bonds is 3. The summed E-state index contributed by atoms with van der Waals surface area (Å²) in [7, 11) is -2.19. The molecule has 1 aliphatic heterocycles. The molecule has 3 aromatic rings. The highest BCUT2D eigenvalue weighted by Crippen LogP contribution is 2.37. The zero-order chi connectivity index (χ0) is 24.2. The van der Waals surface area contributed by atoms with Gasteiger partial charge in [-0.1, -0.05) is 6.58 Å². The Morgan fingerprint density at radius 1 is 1.21 bits per heavy atom. The van der Waals surface area contributed by atoms with Crippen molar-refractivity contribution in [1.82, 2.24) is 19.6 Å². The van der Waals surface area contributed by atoms with Crippen LogP contribution in [-0.2, 0) is 15.6 Å². The van der Waals surface area contributed by atoms with Crippen LogP contribution < -0.4 is 10.6 Å². The van der Waals surface area contributed by atoms with E-state index in [1.54, 1.807) is 45.3 Å². The van der Waals surface area contributed by atoms with E-state index in [-0.39, 0.29) is 6.54 Å². The summed E-state index contributed by atoms with van der Waals surface area (Å²) in [6.07, 6.45) is 3.36. The van der Waals surface area contributed by atoms with Gasteiger partial charge in [-0.15, -0.1) is 0 Å². The van der Waals surface area contributed by atoms with Gasteiger partial charge >= 0.3 is 0 Å². The van der Waals surface area contributed by atoms with E-state index < -0.39 is 26.1 Å². The molecule has 1 atom stereocenters. The molecule has 7 nitrogen and oxygen atoms in total. The van der Waals surface area contributed by atoms with E-state index >= 15 is 4.39 Å². The highest BCUT2D eigenvalue weighted by molar-refractivity contribution is 9.10. The standard InChI is InChI=1S/C23H25BrFN5O2S/c1-14-22(2,3)33(31,32)30(5)13-23(4,29-14)18-11-17(6-7-19(18)25)28-21-20-15(8-9-26-21)10-16(24)12-27-20/h6-12,29H,1,13H2,2-5H3,(H,26,28)/t23-/m0/s1. The summed E-state index contributed by atoms with van der Waals surface area (Å²) in [5.74, 6) is 0.0727. The number of sulfonamides is 1. The summed E-state index contributed by atoms with van der Waals surface area (Å²) < 4.78 is 42.0. The van der Waals surface area contributed by atoms with Crippen LogP contribution in [0.5, 0.6) is 0 Å². The lowest BCUT2D eigenvalue weighted by Gasteiger charge is -2.33. The van der Waals surface area contributed by atoms with Crippen molar-refractivity contribution < 1.29 is 12.8 Å². The Balaban J connectivity index is 1.76. The summed E-state index contributed by atoms with van der Waals surface area (Å²) >= 11 is 3.42. The molecule has 1 saturated heterocycles. The van der Waals surface area contributed by atoms with Gasteiger partial charge in [0.2, 0.25) is 10.0 Å². The molecular weight excluding hydrogens is 509 g/mol. The fourth-order valence-corrected chi connectivity index (χ4v) is 5.96. The van der Waals surface area contributed by atoms with E-state index in [2.05, 4.69) is 43.1 Å². The summed E-state index contributed by atoms with van der Waals surface area (Å²) in [6, 6.07) is 8.41. The van der Waals surface area contributed by atoms with Crippen molar-refractivity contribution in [2.75, 3.05) is 18.9 Å². The number of nitrogens with one attached hydrogen (secondary N) is 2. The van der Waals surface area contributed by atoms with Gasteiger partial charge in [0, 0.05) is 52.8 Å². The van der Waals surface area contributed by atoms with Gasteiger partial charge in [-0.3, -0.25) is 4.98 Å². The maximum atomic E-state index is 15.1. The highest BCUT2D eigenvalue weighted by Gasteiger charge is 2.48. The molecule has 0 aliphatic carbocycles. The van der Waals surface area contributed by atoms with Crippen molar-refractivity contribution in [3.05, 3.63) is 70.9 Å². The molecule has 0 amide bonds.